The van der Waals surface area contributed by atoms with Crippen molar-refractivity contribution in [3.05, 3.63) is 69.2 Å². The first kappa shape index (κ1) is 18.7. The molecule has 2 rings (SSSR count). The van der Waals surface area contributed by atoms with Gasteiger partial charge in [-0.1, -0.05) is 47.5 Å². The normalized spacial score (nSPS) is 10.2. The van der Waals surface area contributed by atoms with E-state index in [1.54, 1.807) is 30.0 Å². The minimum atomic E-state index is -0.0720. The summed E-state index contributed by atoms with van der Waals surface area (Å²) in [6, 6.07) is 14.8. The van der Waals surface area contributed by atoms with Crippen LogP contribution in [0.2, 0.25) is 10.0 Å². The summed E-state index contributed by atoms with van der Waals surface area (Å²) < 4.78 is 0. The van der Waals surface area contributed by atoms with E-state index in [-0.39, 0.29) is 12.3 Å². The number of nitrogens with zero attached hydrogens (tertiary/aromatic N) is 1. The van der Waals surface area contributed by atoms with Crippen LogP contribution < -0.4 is 5.32 Å². The summed E-state index contributed by atoms with van der Waals surface area (Å²) in [5, 5.41) is 13.0. The predicted octanol–water partition coefficient (Wildman–Crippen LogP) is 4.46. The molecular formula is C18H16Cl2N2OS. The fourth-order valence-corrected chi connectivity index (χ4v) is 3.44. The van der Waals surface area contributed by atoms with E-state index < -0.39 is 0 Å². The Labute approximate surface area is 156 Å². The summed E-state index contributed by atoms with van der Waals surface area (Å²) in [7, 11) is 0. The summed E-state index contributed by atoms with van der Waals surface area (Å²) in [5.74, 6) is 1.46. The van der Waals surface area contributed by atoms with Gasteiger partial charge in [-0.15, -0.1) is 0 Å². The summed E-state index contributed by atoms with van der Waals surface area (Å²) in [4.78, 5) is 11.9. The van der Waals surface area contributed by atoms with Crippen LogP contribution in [-0.4, -0.2) is 18.2 Å². The average Bonchev–Trinajstić information content (AvgIpc) is 2.57. The van der Waals surface area contributed by atoms with Crippen LogP contribution in [0.4, 0.5) is 0 Å². The molecule has 3 nitrogen and oxygen atoms in total. The van der Waals surface area contributed by atoms with Crippen molar-refractivity contribution in [3.8, 4) is 6.07 Å². The summed E-state index contributed by atoms with van der Waals surface area (Å²) in [5.41, 5.74) is 2.48. The van der Waals surface area contributed by atoms with E-state index in [0.29, 0.717) is 22.2 Å². The molecule has 0 saturated carbocycles. The fraction of sp³-hybridized carbons (Fsp3) is 0.222. The summed E-state index contributed by atoms with van der Waals surface area (Å²) in [6.07, 6.45) is 0.234. The van der Waals surface area contributed by atoms with E-state index in [9.17, 15) is 4.79 Å². The van der Waals surface area contributed by atoms with Crippen molar-refractivity contribution in [2.75, 3.05) is 12.3 Å². The average molecular weight is 379 g/mol. The molecule has 1 amide bonds. The lowest BCUT2D eigenvalue weighted by Gasteiger charge is -2.07. The topological polar surface area (TPSA) is 52.9 Å². The first-order valence-electron chi connectivity index (χ1n) is 7.36. The highest BCUT2D eigenvalue weighted by Crippen LogP contribution is 2.21. The molecule has 0 bridgehead atoms. The number of halogens is 2. The highest BCUT2D eigenvalue weighted by atomic mass is 35.5. The summed E-state index contributed by atoms with van der Waals surface area (Å²) in [6.45, 7) is 0.573. The van der Waals surface area contributed by atoms with Gasteiger partial charge in [0, 0.05) is 28.1 Å². The molecule has 2 aromatic carbocycles. The number of benzene rings is 2. The van der Waals surface area contributed by atoms with Crippen LogP contribution in [0.3, 0.4) is 0 Å². The Hall–Kier alpha value is -1.67. The number of carbonyl (C=O) groups excluding carboxylic acids is 1. The van der Waals surface area contributed by atoms with Crippen LogP contribution in [0.1, 0.15) is 16.7 Å². The molecule has 24 heavy (non-hydrogen) atoms. The van der Waals surface area contributed by atoms with Gasteiger partial charge < -0.3 is 5.32 Å². The number of hydrogen-bond acceptors (Lipinski definition) is 3. The highest BCUT2D eigenvalue weighted by Gasteiger charge is 2.07. The van der Waals surface area contributed by atoms with Gasteiger partial charge in [-0.3, -0.25) is 4.79 Å². The molecule has 6 heteroatoms. The molecule has 0 spiro atoms. The number of nitriles is 1. The zero-order valence-corrected chi connectivity index (χ0v) is 15.2. The number of carbonyl (C=O) groups is 1. The predicted molar refractivity (Wildman–Crippen MR) is 100 cm³/mol. The van der Waals surface area contributed by atoms with Gasteiger partial charge in [-0.05, 0) is 29.3 Å². The van der Waals surface area contributed by atoms with Crippen LogP contribution in [-0.2, 0) is 17.0 Å². The lowest BCUT2D eigenvalue weighted by Crippen LogP contribution is -2.27. The Balaban J connectivity index is 1.70. The molecular weight excluding hydrogens is 363 g/mol. The van der Waals surface area contributed by atoms with Gasteiger partial charge in [0.05, 0.1) is 18.1 Å². The Morgan fingerprint density at radius 3 is 2.71 bits per heavy atom. The molecule has 0 aliphatic carbocycles. The molecule has 0 aliphatic heterocycles. The number of nitrogens with one attached hydrogen (secondary N) is 1. The molecule has 1 N–H and O–H groups in total. The number of rotatable bonds is 7. The Morgan fingerprint density at radius 2 is 1.96 bits per heavy atom. The molecule has 2 aromatic rings. The van der Waals surface area contributed by atoms with Crippen molar-refractivity contribution < 1.29 is 4.79 Å². The Kier molecular flexibility index (Phi) is 7.45. The van der Waals surface area contributed by atoms with Crippen LogP contribution in [0.15, 0.2) is 42.5 Å². The van der Waals surface area contributed by atoms with Crippen molar-refractivity contribution in [1.82, 2.24) is 5.32 Å². The van der Waals surface area contributed by atoms with E-state index in [4.69, 9.17) is 28.5 Å². The molecule has 0 aliphatic rings. The maximum absolute atomic E-state index is 11.9. The minimum Gasteiger partial charge on any atom is -0.355 e. The maximum Gasteiger partial charge on any atom is 0.224 e. The quantitative estimate of drug-likeness (QED) is 0.723. The van der Waals surface area contributed by atoms with Crippen LogP contribution in [0.5, 0.6) is 0 Å². The van der Waals surface area contributed by atoms with Gasteiger partial charge in [0.15, 0.2) is 0 Å². The Bertz CT molecular complexity index is 759. The molecule has 0 unspecified atom stereocenters. The molecule has 0 radical (unpaired) electrons. The van der Waals surface area contributed by atoms with Crippen molar-refractivity contribution >= 4 is 40.9 Å². The third kappa shape index (κ3) is 5.76. The maximum atomic E-state index is 11.9. The molecule has 0 heterocycles. The van der Waals surface area contributed by atoms with Gasteiger partial charge in [0.1, 0.15) is 0 Å². The largest absolute Gasteiger partial charge is 0.355 e. The van der Waals surface area contributed by atoms with Gasteiger partial charge in [-0.2, -0.15) is 17.0 Å². The second-order valence-electron chi connectivity index (χ2n) is 5.08. The lowest BCUT2D eigenvalue weighted by atomic mass is 10.1. The zero-order valence-electron chi connectivity index (χ0n) is 12.9. The molecule has 0 fully saturated rings. The second kappa shape index (κ2) is 9.58. The second-order valence-corrected chi connectivity index (χ2v) is 7.03. The summed E-state index contributed by atoms with van der Waals surface area (Å²) >= 11 is 13.6. The molecule has 124 valence electrons. The molecule has 0 atom stereocenters. The third-order valence-corrected chi connectivity index (χ3v) is 4.92. The van der Waals surface area contributed by atoms with E-state index in [2.05, 4.69) is 11.4 Å². The molecule has 0 aromatic heterocycles. The first-order valence-corrected chi connectivity index (χ1v) is 9.27. The van der Waals surface area contributed by atoms with Crippen molar-refractivity contribution in [2.24, 2.45) is 0 Å². The SMILES string of the molecule is N#Cc1ccccc1CSCCNC(=O)Cc1ccc(Cl)cc1Cl. The highest BCUT2D eigenvalue weighted by molar-refractivity contribution is 7.98. The first-order chi connectivity index (χ1) is 11.6. The number of amides is 1. The van der Waals surface area contributed by atoms with E-state index in [1.807, 2.05) is 24.3 Å². The minimum absolute atomic E-state index is 0.0720. The zero-order chi connectivity index (χ0) is 17.4. The third-order valence-electron chi connectivity index (χ3n) is 3.33. The molecule has 0 saturated heterocycles. The van der Waals surface area contributed by atoms with E-state index >= 15 is 0 Å². The lowest BCUT2D eigenvalue weighted by molar-refractivity contribution is -0.120. The van der Waals surface area contributed by atoms with Gasteiger partial charge in [-0.25, -0.2) is 0 Å². The number of thioether (sulfide) groups is 1. The van der Waals surface area contributed by atoms with E-state index in [0.717, 1.165) is 22.6 Å². The van der Waals surface area contributed by atoms with Crippen molar-refractivity contribution in [1.29, 1.82) is 5.26 Å². The Morgan fingerprint density at radius 1 is 1.17 bits per heavy atom. The van der Waals surface area contributed by atoms with Gasteiger partial charge in [0.2, 0.25) is 5.91 Å². The van der Waals surface area contributed by atoms with Gasteiger partial charge >= 0.3 is 0 Å². The van der Waals surface area contributed by atoms with Crippen LogP contribution >= 0.6 is 35.0 Å². The number of hydrogen-bond donors (Lipinski definition) is 1. The van der Waals surface area contributed by atoms with E-state index in [1.165, 1.54) is 0 Å². The van der Waals surface area contributed by atoms with Crippen molar-refractivity contribution in [3.63, 3.8) is 0 Å². The van der Waals surface area contributed by atoms with Crippen LogP contribution in [0.25, 0.3) is 0 Å². The monoisotopic (exact) mass is 378 g/mol. The fourth-order valence-electron chi connectivity index (χ4n) is 2.10. The van der Waals surface area contributed by atoms with Crippen molar-refractivity contribution in [2.45, 2.75) is 12.2 Å². The smallest absolute Gasteiger partial charge is 0.224 e. The van der Waals surface area contributed by atoms with Gasteiger partial charge in [0.25, 0.3) is 0 Å². The standard InChI is InChI=1S/C18H16Cl2N2OS/c19-16-6-5-13(17(20)10-16)9-18(23)22-7-8-24-12-15-4-2-1-3-14(15)11-21/h1-6,10H,7-9,12H2,(H,22,23). The van der Waals surface area contributed by atoms with Crippen LogP contribution in [0, 0.1) is 11.3 Å².